The SMILES string of the molecule is N#CC(N)=O.c1ccc(-c2ccccc2)cc1. The molecule has 0 atom stereocenters. The van der Waals surface area contributed by atoms with E-state index < -0.39 is 5.91 Å². The fraction of sp³-hybridized carbons (Fsp3) is 0. The van der Waals surface area contributed by atoms with Gasteiger partial charge in [0.05, 0.1) is 0 Å². The van der Waals surface area contributed by atoms with E-state index in [0.29, 0.717) is 0 Å². The fourth-order valence-electron chi connectivity index (χ4n) is 1.26. The van der Waals surface area contributed by atoms with Crippen LogP contribution < -0.4 is 5.73 Å². The first-order valence-electron chi connectivity index (χ1n) is 5.04. The molecule has 0 saturated heterocycles. The standard InChI is InChI=1S/C12H10.C2H2N2O/c1-3-7-11(8-4-1)12-9-5-2-6-10-12;3-1-2(4)5/h1-10H;(H2,4,5). The molecule has 0 aliphatic carbocycles. The second kappa shape index (κ2) is 6.81. The summed E-state index contributed by atoms with van der Waals surface area (Å²) in [6, 6.07) is 21.9. The van der Waals surface area contributed by atoms with E-state index in [0.717, 1.165) is 0 Å². The Hall–Kier alpha value is -2.60. The van der Waals surface area contributed by atoms with Gasteiger partial charge in [-0.15, -0.1) is 0 Å². The van der Waals surface area contributed by atoms with Crippen LogP contribution in [-0.4, -0.2) is 5.91 Å². The predicted molar refractivity (Wildman–Crippen MR) is 66.7 cm³/mol. The molecule has 2 N–H and O–H groups in total. The molecule has 2 rings (SSSR count). The lowest BCUT2D eigenvalue weighted by Crippen LogP contribution is -2.05. The highest BCUT2D eigenvalue weighted by Gasteiger charge is 1.91. The van der Waals surface area contributed by atoms with Gasteiger partial charge in [-0.1, -0.05) is 60.7 Å². The molecule has 17 heavy (non-hydrogen) atoms. The summed E-state index contributed by atoms with van der Waals surface area (Å²) in [5, 5.41) is 7.42. The van der Waals surface area contributed by atoms with Crippen LogP contribution in [-0.2, 0) is 4.79 Å². The third-order valence-corrected chi connectivity index (χ3v) is 1.99. The molecular formula is C14H12N2O. The smallest absolute Gasteiger partial charge is 0.319 e. The van der Waals surface area contributed by atoms with Crippen molar-refractivity contribution >= 4 is 5.91 Å². The van der Waals surface area contributed by atoms with Crippen molar-refractivity contribution in [1.82, 2.24) is 0 Å². The Labute approximate surface area is 100 Å². The fourth-order valence-corrected chi connectivity index (χ4v) is 1.26. The predicted octanol–water partition coefficient (Wildman–Crippen LogP) is 2.35. The van der Waals surface area contributed by atoms with Crippen LogP contribution in [0.15, 0.2) is 60.7 Å². The highest BCUT2D eigenvalue weighted by atomic mass is 16.1. The summed E-state index contributed by atoms with van der Waals surface area (Å²) in [5.74, 6) is -0.940. The van der Waals surface area contributed by atoms with Gasteiger partial charge < -0.3 is 5.73 Å². The van der Waals surface area contributed by atoms with Crippen molar-refractivity contribution in [3.05, 3.63) is 60.7 Å². The second-order valence-electron chi connectivity index (χ2n) is 3.21. The van der Waals surface area contributed by atoms with E-state index in [4.69, 9.17) is 5.26 Å². The van der Waals surface area contributed by atoms with Crippen molar-refractivity contribution in [3.63, 3.8) is 0 Å². The van der Waals surface area contributed by atoms with Gasteiger partial charge in [0.1, 0.15) is 0 Å². The number of nitrogens with zero attached hydrogens (tertiary/aromatic N) is 1. The molecule has 3 nitrogen and oxygen atoms in total. The minimum atomic E-state index is -0.940. The normalized spacial score (nSPS) is 8.41. The molecule has 2 aromatic carbocycles. The van der Waals surface area contributed by atoms with Crippen molar-refractivity contribution in [3.8, 4) is 17.2 Å². The zero-order valence-electron chi connectivity index (χ0n) is 9.21. The minimum absolute atomic E-state index is 0.940. The highest BCUT2D eigenvalue weighted by Crippen LogP contribution is 2.17. The van der Waals surface area contributed by atoms with Gasteiger partial charge in [-0.05, 0) is 11.1 Å². The van der Waals surface area contributed by atoms with E-state index >= 15 is 0 Å². The Balaban J connectivity index is 0.000000249. The van der Waals surface area contributed by atoms with Crippen molar-refractivity contribution in [2.24, 2.45) is 5.73 Å². The molecule has 3 heteroatoms. The Bertz CT molecular complexity index is 463. The molecule has 0 fully saturated rings. The third kappa shape index (κ3) is 4.63. The third-order valence-electron chi connectivity index (χ3n) is 1.99. The summed E-state index contributed by atoms with van der Waals surface area (Å²) in [6.07, 6.45) is 0. The first-order valence-corrected chi connectivity index (χ1v) is 5.04. The van der Waals surface area contributed by atoms with E-state index in [1.807, 2.05) is 12.1 Å². The first-order chi connectivity index (χ1) is 8.24. The number of hydrogen-bond donors (Lipinski definition) is 1. The van der Waals surface area contributed by atoms with E-state index in [1.54, 1.807) is 0 Å². The molecule has 0 spiro atoms. The van der Waals surface area contributed by atoms with Crippen LogP contribution in [0.5, 0.6) is 0 Å². The quantitative estimate of drug-likeness (QED) is 0.755. The average molecular weight is 224 g/mol. The van der Waals surface area contributed by atoms with E-state index in [1.165, 1.54) is 17.2 Å². The summed E-state index contributed by atoms with van der Waals surface area (Å²) >= 11 is 0. The number of primary amides is 1. The lowest BCUT2D eigenvalue weighted by atomic mass is 10.1. The van der Waals surface area contributed by atoms with E-state index in [2.05, 4.69) is 54.3 Å². The highest BCUT2D eigenvalue weighted by molar-refractivity contribution is 5.89. The monoisotopic (exact) mass is 224 g/mol. The molecule has 84 valence electrons. The van der Waals surface area contributed by atoms with Gasteiger partial charge in [0.25, 0.3) is 0 Å². The molecule has 0 saturated carbocycles. The number of nitrogens with two attached hydrogens (primary N) is 1. The minimum Gasteiger partial charge on any atom is -0.357 e. The topological polar surface area (TPSA) is 66.9 Å². The van der Waals surface area contributed by atoms with Crippen molar-refractivity contribution in [2.45, 2.75) is 0 Å². The van der Waals surface area contributed by atoms with Crippen LogP contribution in [0, 0.1) is 11.3 Å². The Kier molecular flexibility index (Phi) is 4.99. The number of carbonyl (C=O) groups excluding carboxylic acids is 1. The number of nitriles is 1. The van der Waals surface area contributed by atoms with Crippen LogP contribution in [0.4, 0.5) is 0 Å². The first kappa shape index (κ1) is 12.5. The molecule has 0 unspecified atom stereocenters. The van der Waals surface area contributed by atoms with Crippen LogP contribution in [0.3, 0.4) is 0 Å². The maximum atomic E-state index is 9.23. The summed E-state index contributed by atoms with van der Waals surface area (Å²) in [5.41, 5.74) is 6.84. The molecule has 0 heterocycles. The molecule has 0 aliphatic rings. The Morgan fingerprint density at radius 3 is 1.41 bits per heavy atom. The Morgan fingerprint density at radius 2 is 1.18 bits per heavy atom. The van der Waals surface area contributed by atoms with Crippen LogP contribution in [0.25, 0.3) is 11.1 Å². The number of carbonyl (C=O) groups is 1. The zero-order valence-corrected chi connectivity index (χ0v) is 9.21. The largest absolute Gasteiger partial charge is 0.357 e. The summed E-state index contributed by atoms with van der Waals surface area (Å²) in [6.45, 7) is 0. The van der Waals surface area contributed by atoms with Crippen LogP contribution >= 0.6 is 0 Å². The summed E-state index contributed by atoms with van der Waals surface area (Å²) in [7, 11) is 0. The number of benzene rings is 2. The van der Waals surface area contributed by atoms with Gasteiger partial charge in [-0.25, -0.2) is 0 Å². The van der Waals surface area contributed by atoms with Crippen LogP contribution in [0.1, 0.15) is 0 Å². The van der Waals surface area contributed by atoms with Gasteiger partial charge in [0, 0.05) is 0 Å². The van der Waals surface area contributed by atoms with Crippen LogP contribution in [0.2, 0.25) is 0 Å². The van der Waals surface area contributed by atoms with Crippen molar-refractivity contribution in [1.29, 1.82) is 5.26 Å². The van der Waals surface area contributed by atoms with Gasteiger partial charge in [0.15, 0.2) is 6.07 Å². The van der Waals surface area contributed by atoms with E-state index in [-0.39, 0.29) is 0 Å². The molecular weight excluding hydrogens is 212 g/mol. The van der Waals surface area contributed by atoms with Crippen molar-refractivity contribution < 1.29 is 4.79 Å². The molecule has 2 aromatic rings. The number of amides is 1. The molecule has 0 aromatic heterocycles. The maximum absolute atomic E-state index is 9.23. The average Bonchev–Trinajstić information content (AvgIpc) is 2.41. The Morgan fingerprint density at radius 1 is 0.882 bits per heavy atom. The molecule has 0 bridgehead atoms. The molecule has 0 aliphatic heterocycles. The maximum Gasteiger partial charge on any atom is 0.319 e. The van der Waals surface area contributed by atoms with Gasteiger partial charge >= 0.3 is 5.91 Å². The molecule has 0 radical (unpaired) electrons. The zero-order chi connectivity index (χ0) is 12.5. The number of rotatable bonds is 1. The van der Waals surface area contributed by atoms with Gasteiger partial charge in [-0.3, -0.25) is 4.79 Å². The number of hydrogen-bond acceptors (Lipinski definition) is 2. The lowest BCUT2D eigenvalue weighted by molar-refractivity contribution is -0.113. The lowest BCUT2D eigenvalue weighted by Gasteiger charge is -1.98. The second-order valence-corrected chi connectivity index (χ2v) is 3.21. The van der Waals surface area contributed by atoms with Gasteiger partial charge in [0.2, 0.25) is 0 Å². The summed E-state index contributed by atoms with van der Waals surface area (Å²) in [4.78, 5) is 9.23. The summed E-state index contributed by atoms with van der Waals surface area (Å²) < 4.78 is 0. The van der Waals surface area contributed by atoms with E-state index in [9.17, 15) is 4.79 Å². The molecule has 1 amide bonds. The van der Waals surface area contributed by atoms with Crippen molar-refractivity contribution in [2.75, 3.05) is 0 Å². The van der Waals surface area contributed by atoms with Gasteiger partial charge in [-0.2, -0.15) is 5.26 Å².